The van der Waals surface area contributed by atoms with E-state index < -0.39 is 6.04 Å². The third-order valence-corrected chi connectivity index (χ3v) is 4.95. The number of hydrogen-bond acceptors (Lipinski definition) is 5. The first kappa shape index (κ1) is 17.6. The van der Waals surface area contributed by atoms with E-state index in [1.165, 1.54) is 0 Å². The zero-order chi connectivity index (χ0) is 18.2. The zero-order valence-corrected chi connectivity index (χ0v) is 14.6. The molecule has 7 nitrogen and oxygen atoms in total. The summed E-state index contributed by atoms with van der Waals surface area (Å²) in [5.41, 5.74) is 8.16. The Kier molecular flexibility index (Phi) is 4.62. The molecule has 2 aliphatic heterocycles. The normalized spacial score (nSPS) is 20.7. The van der Waals surface area contributed by atoms with Crippen LogP contribution in [0.3, 0.4) is 0 Å². The molecule has 3 amide bonds. The standard InChI is InChI=1S/C18H24N4O3/c1-18(2,10-19)20-8-11-4-3-5-12-13(11)9-22(17(12)25)14-6-7-15(23)21-16(14)24/h3-5,14,20H,6-10,19H2,1-2H3,(H,21,23,24). The van der Waals surface area contributed by atoms with E-state index in [1.807, 2.05) is 26.0 Å². The van der Waals surface area contributed by atoms with Crippen molar-refractivity contribution in [2.24, 2.45) is 5.73 Å². The maximum Gasteiger partial charge on any atom is 0.255 e. The van der Waals surface area contributed by atoms with Gasteiger partial charge in [0.1, 0.15) is 6.04 Å². The summed E-state index contributed by atoms with van der Waals surface area (Å²) in [6.45, 7) is 5.54. The number of hydrogen-bond donors (Lipinski definition) is 3. The van der Waals surface area contributed by atoms with Crippen molar-refractivity contribution in [3.8, 4) is 0 Å². The number of imide groups is 1. The molecule has 1 aromatic rings. The van der Waals surface area contributed by atoms with Gasteiger partial charge in [0.2, 0.25) is 11.8 Å². The van der Waals surface area contributed by atoms with Crippen molar-refractivity contribution < 1.29 is 14.4 Å². The van der Waals surface area contributed by atoms with Crippen LogP contribution in [-0.2, 0) is 22.7 Å². The molecule has 1 atom stereocenters. The van der Waals surface area contributed by atoms with Crippen molar-refractivity contribution in [1.29, 1.82) is 0 Å². The van der Waals surface area contributed by atoms with Crippen LogP contribution in [0.4, 0.5) is 0 Å². The maximum absolute atomic E-state index is 12.8. The van der Waals surface area contributed by atoms with Gasteiger partial charge in [0, 0.05) is 37.2 Å². The molecule has 0 spiro atoms. The quantitative estimate of drug-likeness (QED) is 0.665. The molecule has 0 aliphatic carbocycles. The van der Waals surface area contributed by atoms with E-state index in [0.717, 1.165) is 11.1 Å². The molecule has 2 heterocycles. The second-order valence-electron chi connectivity index (χ2n) is 7.28. The van der Waals surface area contributed by atoms with Crippen molar-refractivity contribution in [1.82, 2.24) is 15.5 Å². The highest BCUT2D eigenvalue weighted by atomic mass is 16.2. The predicted octanol–water partition coefficient (Wildman–Crippen LogP) is 0.275. The van der Waals surface area contributed by atoms with Crippen LogP contribution < -0.4 is 16.4 Å². The summed E-state index contributed by atoms with van der Waals surface area (Å²) in [5, 5.41) is 5.72. The van der Waals surface area contributed by atoms with E-state index >= 15 is 0 Å². The van der Waals surface area contributed by atoms with Crippen LogP contribution in [0.25, 0.3) is 0 Å². The molecule has 3 rings (SSSR count). The van der Waals surface area contributed by atoms with Crippen molar-refractivity contribution >= 4 is 17.7 Å². The highest BCUT2D eigenvalue weighted by Gasteiger charge is 2.39. The Bertz CT molecular complexity index is 729. The van der Waals surface area contributed by atoms with Gasteiger partial charge in [0.05, 0.1) is 0 Å². The molecule has 0 bridgehead atoms. The van der Waals surface area contributed by atoms with Gasteiger partial charge in [-0.1, -0.05) is 12.1 Å². The van der Waals surface area contributed by atoms with E-state index in [2.05, 4.69) is 10.6 Å². The second-order valence-corrected chi connectivity index (χ2v) is 7.28. The number of amides is 3. The Morgan fingerprint density at radius 2 is 2.08 bits per heavy atom. The van der Waals surface area contributed by atoms with Gasteiger partial charge in [0.25, 0.3) is 5.91 Å². The smallest absolute Gasteiger partial charge is 0.255 e. The minimum Gasteiger partial charge on any atom is -0.329 e. The number of rotatable bonds is 5. The molecule has 1 fully saturated rings. The molecule has 134 valence electrons. The van der Waals surface area contributed by atoms with E-state index in [0.29, 0.717) is 31.6 Å². The zero-order valence-electron chi connectivity index (χ0n) is 14.6. The topological polar surface area (TPSA) is 105 Å². The summed E-state index contributed by atoms with van der Waals surface area (Å²) in [6.07, 6.45) is 0.633. The van der Waals surface area contributed by atoms with Crippen LogP contribution >= 0.6 is 0 Å². The fourth-order valence-electron chi connectivity index (χ4n) is 3.22. The maximum atomic E-state index is 12.8. The highest BCUT2D eigenvalue weighted by molar-refractivity contribution is 6.05. The lowest BCUT2D eigenvalue weighted by Gasteiger charge is -2.29. The van der Waals surface area contributed by atoms with Gasteiger partial charge in [0.15, 0.2) is 0 Å². The number of nitrogens with one attached hydrogen (secondary N) is 2. The summed E-state index contributed by atoms with van der Waals surface area (Å²) >= 11 is 0. The summed E-state index contributed by atoms with van der Waals surface area (Å²) in [7, 11) is 0. The number of fused-ring (bicyclic) bond motifs is 1. The Morgan fingerprint density at radius 3 is 2.76 bits per heavy atom. The Morgan fingerprint density at radius 1 is 1.32 bits per heavy atom. The summed E-state index contributed by atoms with van der Waals surface area (Å²) in [5.74, 6) is -0.815. The van der Waals surface area contributed by atoms with E-state index in [4.69, 9.17) is 5.73 Å². The van der Waals surface area contributed by atoms with Gasteiger partial charge in [-0.3, -0.25) is 19.7 Å². The van der Waals surface area contributed by atoms with Crippen molar-refractivity contribution in [3.63, 3.8) is 0 Å². The molecular weight excluding hydrogens is 320 g/mol. The lowest BCUT2D eigenvalue weighted by atomic mass is 10.0. The third kappa shape index (κ3) is 3.43. The fourth-order valence-corrected chi connectivity index (χ4v) is 3.22. The lowest BCUT2D eigenvalue weighted by molar-refractivity contribution is -0.136. The number of carbonyl (C=O) groups excluding carboxylic acids is 3. The first-order valence-electron chi connectivity index (χ1n) is 8.53. The predicted molar refractivity (Wildman–Crippen MR) is 92.5 cm³/mol. The SMILES string of the molecule is CC(C)(CN)NCc1cccc2c1CN(C1CCC(=O)NC1=O)C2=O. The van der Waals surface area contributed by atoms with E-state index in [-0.39, 0.29) is 29.7 Å². The van der Waals surface area contributed by atoms with Crippen LogP contribution in [-0.4, -0.2) is 40.7 Å². The van der Waals surface area contributed by atoms with Crippen LogP contribution in [0.1, 0.15) is 48.2 Å². The Labute approximate surface area is 146 Å². The van der Waals surface area contributed by atoms with Gasteiger partial charge >= 0.3 is 0 Å². The van der Waals surface area contributed by atoms with E-state index in [1.54, 1.807) is 11.0 Å². The number of carbonyl (C=O) groups is 3. The van der Waals surface area contributed by atoms with Gasteiger partial charge in [-0.15, -0.1) is 0 Å². The average Bonchev–Trinajstić information content (AvgIpc) is 2.91. The van der Waals surface area contributed by atoms with Crippen molar-refractivity contribution in [2.45, 2.75) is 51.4 Å². The van der Waals surface area contributed by atoms with E-state index in [9.17, 15) is 14.4 Å². The van der Waals surface area contributed by atoms with Crippen molar-refractivity contribution in [2.75, 3.05) is 6.54 Å². The second kappa shape index (κ2) is 6.57. The Hall–Kier alpha value is -2.25. The lowest BCUT2D eigenvalue weighted by Crippen LogP contribution is -2.52. The van der Waals surface area contributed by atoms with Crippen LogP contribution in [0.15, 0.2) is 18.2 Å². The molecule has 2 aliphatic rings. The summed E-state index contributed by atoms with van der Waals surface area (Å²) in [6, 6.07) is 5.05. The first-order chi connectivity index (χ1) is 11.8. The fraction of sp³-hybridized carbons (Fsp3) is 0.500. The summed E-state index contributed by atoms with van der Waals surface area (Å²) in [4.78, 5) is 37.8. The molecule has 1 saturated heterocycles. The monoisotopic (exact) mass is 344 g/mol. The van der Waals surface area contributed by atoms with Gasteiger partial charge < -0.3 is 16.0 Å². The number of nitrogens with zero attached hydrogens (tertiary/aromatic N) is 1. The van der Waals surface area contributed by atoms with Crippen LogP contribution in [0, 0.1) is 0 Å². The van der Waals surface area contributed by atoms with Crippen molar-refractivity contribution in [3.05, 3.63) is 34.9 Å². The molecule has 4 N–H and O–H groups in total. The molecular formula is C18H24N4O3. The van der Waals surface area contributed by atoms with Gasteiger partial charge in [-0.25, -0.2) is 0 Å². The first-order valence-corrected chi connectivity index (χ1v) is 8.53. The summed E-state index contributed by atoms with van der Waals surface area (Å²) < 4.78 is 0. The molecule has 1 aromatic carbocycles. The molecule has 0 saturated carbocycles. The third-order valence-electron chi connectivity index (χ3n) is 4.95. The molecule has 25 heavy (non-hydrogen) atoms. The minimum absolute atomic E-state index is 0.149. The highest BCUT2D eigenvalue weighted by Crippen LogP contribution is 2.30. The minimum atomic E-state index is -0.584. The molecule has 0 radical (unpaired) electrons. The molecule has 0 aromatic heterocycles. The molecule has 7 heteroatoms. The van der Waals surface area contributed by atoms with Crippen LogP contribution in [0.5, 0.6) is 0 Å². The van der Waals surface area contributed by atoms with Gasteiger partial charge in [-0.05, 0) is 37.5 Å². The largest absolute Gasteiger partial charge is 0.329 e. The van der Waals surface area contributed by atoms with Crippen LogP contribution in [0.2, 0.25) is 0 Å². The number of piperidine rings is 1. The average molecular weight is 344 g/mol. The number of nitrogens with two attached hydrogens (primary N) is 1. The number of benzene rings is 1. The Balaban J connectivity index is 1.80. The van der Waals surface area contributed by atoms with Gasteiger partial charge in [-0.2, -0.15) is 0 Å². The molecule has 1 unspecified atom stereocenters.